The van der Waals surface area contributed by atoms with Gasteiger partial charge in [0.25, 0.3) is 5.91 Å². The van der Waals surface area contributed by atoms with E-state index in [1.54, 1.807) is 42.7 Å². The van der Waals surface area contributed by atoms with Crippen LogP contribution in [0, 0.1) is 11.7 Å². The average Bonchev–Trinajstić information content (AvgIpc) is 3.17. The summed E-state index contributed by atoms with van der Waals surface area (Å²) in [5.41, 5.74) is 0.919. The predicted molar refractivity (Wildman–Crippen MR) is 96.3 cm³/mol. The fourth-order valence-electron chi connectivity index (χ4n) is 3.42. The Labute approximate surface area is 156 Å². The summed E-state index contributed by atoms with van der Waals surface area (Å²) in [7, 11) is 0. The standard InChI is InChI=1S/C20H19FN4O2/c21-17-8-2-1-7-16(17)19-23-18(27-24-19)11-14-5-4-10-25(13-14)20(26)15-6-3-9-22-12-15/h1-3,6-9,12,14H,4-5,10-11,13H2. The Morgan fingerprint density at radius 1 is 1.26 bits per heavy atom. The summed E-state index contributed by atoms with van der Waals surface area (Å²) in [5, 5.41) is 3.90. The molecule has 1 amide bonds. The molecule has 2 aromatic heterocycles. The predicted octanol–water partition coefficient (Wildman–Crippen LogP) is 3.37. The summed E-state index contributed by atoms with van der Waals surface area (Å²) in [6, 6.07) is 9.88. The van der Waals surface area contributed by atoms with E-state index in [2.05, 4.69) is 15.1 Å². The van der Waals surface area contributed by atoms with Crippen molar-refractivity contribution in [2.75, 3.05) is 13.1 Å². The average molecular weight is 366 g/mol. The van der Waals surface area contributed by atoms with Crippen LogP contribution in [0.25, 0.3) is 11.4 Å². The van der Waals surface area contributed by atoms with Crippen LogP contribution in [0.4, 0.5) is 4.39 Å². The van der Waals surface area contributed by atoms with Crippen LogP contribution in [-0.2, 0) is 6.42 Å². The number of aromatic nitrogens is 3. The first-order valence-corrected chi connectivity index (χ1v) is 8.97. The Hall–Kier alpha value is -3.09. The van der Waals surface area contributed by atoms with E-state index in [-0.39, 0.29) is 23.5 Å². The molecule has 7 heteroatoms. The second-order valence-electron chi connectivity index (χ2n) is 6.70. The molecule has 138 valence electrons. The topological polar surface area (TPSA) is 72.1 Å². The molecule has 1 aliphatic rings. The fourth-order valence-corrected chi connectivity index (χ4v) is 3.42. The van der Waals surface area contributed by atoms with Crippen LogP contribution in [0.1, 0.15) is 29.1 Å². The van der Waals surface area contributed by atoms with Gasteiger partial charge in [-0.2, -0.15) is 4.98 Å². The number of carbonyl (C=O) groups excluding carboxylic acids is 1. The van der Waals surface area contributed by atoms with E-state index >= 15 is 0 Å². The van der Waals surface area contributed by atoms with E-state index in [1.807, 2.05) is 4.90 Å². The summed E-state index contributed by atoms with van der Waals surface area (Å²) in [6.45, 7) is 1.36. The molecule has 0 aliphatic carbocycles. The van der Waals surface area contributed by atoms with Crippen molar-refractivity contribution in [1.82, 2.24) is 20.0 Å². The van der Waals surface area contributed by atoms with Gasteiger partial charge in [-0.25, -0.2) is 4.39 Å². The zero-order valence-corrected chi connectivity index (χ0v) is 14.7. The minimum absolute atomic E-state index is 0.00891. The highest BCUT2D eigenvalue weighted by Gasteiger charge is 2.26. The molecule has 4 rings (SSSR count). The maximum atomic E-state index is 13.9. The van der Waals surface area contributed by atoms with E-state index in [4.69, 9.17) is 4.52 Å². The number of piperidine rings is 1. The smallest absolute Gasteiger partial charge is 0.255 e. The third-order valence-electron chi connectivity index (χ3n) is 4.76. The highest BCUT2D eigenvalue weighted by Crippen LogP contribution is 2.24. The Morgan fingerprint density at radius 3 is 2.96 bits per heavy atom. The van der Waals surface area contributed by atoms with Crippen molar-refractivity contribution in [3.63, 3.8) is 0 Å². The monoisotopic (exact) mass is 366 g/mol. The Bertz CT molecular complexity index is 928. The summed E-state index contributed by atoms with van der Waals surface area (Å²) in [5.74, 6) is 0.561. The molecule has 27 heavy (non-hydrogen) atoms. The molecule has 0 saturated carbocycles. The summed E-state index contributed by atoms with van der Waals surface area (Å²) in [6.07, 6.45) is 5.71. The lowest BCUT2D eigenvalue weighted by Gasteiger charge is -2.32. The van der Waals surface area contributed by atoms with Gasteiger partial charge in [-0.05, 0) is 43.0 Å². The molecule has 1 aromatic carbocycles. The van der Waals surface area contributed by atoms with Gasteiger partial charge in [0.05, 0.1) is 11.1 Å². The molecule has 0 bridgehead atoms. The maximum absolute atomic E-state index is 13.9. The minimum atomic E-state index is -0.379. The highest BCUT2D eigenvalue weighted by molar-refractivity contribution is 5.93. The van der Waals surface area contributed by atoms with E-state index < -0.39 is 0 Å². The van der Waals surface area contributed by atoms with Crippen LogP contribution in [-0.4, -0.2) is 39.0 Å². The Morgan fingerprint density at radius 2 is 2.15 bits per heavy atom. The molecule has 1 fully saturated rings. The maximum Gasteiger partial charge on any atom is 0.255 e. The number of likely N-dealkylation sites (tertiary alicyclic amines) is 1. The van der Waals surface area contributed by atoms with Crippen LogP contribution in [0.3, 0.4) is 0 Å². The van der Waals surface area contributed by atoms with Gasteiger partial charge in [0.15, 0.2) is 0 Å². The zero-order chi connectivity index (χ0) is 18.6. The van der Waals surface area contributed by atoms with E-state index in [0.717, 1.165) is 19.4 Å². The first-order valence-electron chi connectivity index (χ1n) is 8.97. The van der Waals surface area contributed by atoms with Crippen LogP contribution >= 0.6 is 0 Å². The lowest BCUT2D eigenvalue weighted by molar-refractivity contribution is 0.0667. The number of benzene rings is 1. The van der Waals surface area contributed by atoms with Gasteiger partial charge >= 0.3 is 0 Å². The van der Waals surface area contributed by atoms with Gasteiger partial charge in [-0.1, -0.05) is 17.3 Å². The van der Waals surface area contributed by atoms with Gasteiger partial charge in [0, 0.05) is 31.9 Å². The Kier molecular flexibility index (Phi) is 4.91. The van der Waals surface area contributed by atoms with Crippen LogP contribution in [0.5, 0.6) is 0 Å². The van der Waals surface area contributed by atoms with Crippen molar-refractivity contribution in [2.24, 2.45) is 5.92 Å². The summed E-state index contributed by atoms with van der Waals surface area (Å²) in [4.78, 5) is 22.8. The van der Waals surface area contributed by atoms with E-state index in [9.17, 15) is 9.18 Å². The summed E-state index contributed by atoms with van der Waals surface area (Å²) >= 11 is 0. The fraction of sp³-hybridized carbons (Fsp3) is 0.300. The molecule has 1 unspecified atom stereocenters. The largest absolute Gasteiger partial charge is 0.339 e. The third-order valence-corrected chi connectivity index (χ3v) is 4.76. The molecule has 1 atom stereocenters. The number of rotatable bonds is 4. The molecule has 6 nitrogen and oxygen atoms in total. The quantitative estimate of drug-likeness (QED) is 0.708. The van der Waals surface area contributed by atoms with Crippen LogP contribution < -0.4 is 0 Å². The van der Waals surface area contributed by atoms with E-state index in [1.165, 1.54) is 6.07 Å². The molecule has 1 aliphatic heterocycles. The number of hydrogen-bond acceptors (Lipinski definition) is 5. The minimum Gasteiger partial charge on any atom is -0.339 e. The van der Waals surface area contributed by atoms with Crippen molar-refractivity contribution in [3.05, 3.63) is 66.1 Å². The van der Waals surface area contributed by atoms with Crippen molar-refractivity contribution >= 4 is 5.91 Å². The number of amides is 1. The second-order valence-corrected chi connectivity index (χ2v) is 6.70. The number of hydrogen-bond donors (Lipinski definition) is 0. The van der Waals surface area contributed by atoms with Gasteiger partial charge in [-0.3, -0.25) is 9.78 Å². The lowest BCUT2D eigenvalue weighted by Crippen LogP contribution is -2.40. The number of pyridine rings is 1. The molecule has 3 heterocycles. The first-order chi connectivity index (χ1) is 13.2. The SMILES string of the molecule is O=C(c1cccnc1)N1CCCC(Cc2nc(-c3ccccc3F)no2)C1. The van der Waals surface area contributed by atoms with Crippen molar-refractivity contribution in [2.45, 2.75) is 19.3 Å². The molecular weight excluding hydrogens is 347 g/mol. The molecular formula is C20H19FN4O2. The van der Waals surface area contributed by atoms with Crippen molar-refractivity contribution in [1.29, 1.82) is 0 Å². The molecule has 0 spiro atoms. The van der Waals surface area contributed by atoms with Gasteiger partial charge in [-0.15, -0.1) is 0 Å². The zero-order valence-electron chi connectivity index (χ0n) is 14.7. The first kappa shape index (κ1) is 17.3. The van der Waals surface area contributed by atoms with Gasteiger partial charge < -0.3 is 9.42 Å². The van der Waals surface area contributed by atoms with Gasteiger partial charge in [0.1, 0.15) is 5.82 Å². The Balaban J connectivity index is 1.43. The summed E-state index contributed by atoms with van der Waals surface area (Å²) < 4.78 is 19.2. The van der Waals surface area contributed by atoms with Crippen LogP contribution in [0.15, 0.2) is 53.3 Å². The molecule has 3 aromatic rings. The molecule has 0 N–H and O–H groups in total. The van der Waals surface area contributed by atoms with Gasteiger partial charge in [0.2, 0.25) is 11.7 Å². The number of nitrogens with zero attached hydrogens (tertiary/aromatic N) is 4. The second kappa shape index (κ2) is 7.65. The third kappa shape index (κ3) is 3.86. The number of halogens is 1. The lowest BCUT2D eigenvalue weighted by atomic mass is 9.94. The van der Waals surface area contributed by atoms with E-state index in [0.29, 0.717) is 30.0 Å². The molecule has 0 radical (unpaired) electrons. The highest BCUT2D eigenvalue weighted by atomic mass is 19.1. The number of carbonyl (C=O) groups is 1. The molecule has 1 saturated heterocycles. The van der Waals surface area contributed by atoms with Crippen LogP contribution in [0.2, 0.25) is 0 Å². The van der Waals surface area contributed by atoms with Crippen molar-refractivity contribution in [3.8, 4) is 11.4 Å². The normalized spacial score (nSPS) is 17.1. The van der Waals surface area contributed by atoms with Crippen molar-refractivity contribution < 1.29 is 13.7 Å².